The SMILES string of the molecule is O=c1[nH]cc(-c2ccccn2)c(-c2ccc(O)cc2)c1-c1ccccc1Cl. The Kier molecular flexibility index (Phi) is 4.48. The van der Waals surface area contributed by atoms with Gasteiger partial charge in [0.1, 0.15) is 5.75 Å². The number of pyridine rings is 2. The van der Waals surface area contributed by atoms with Crippen LogP contribution in [0.25, 0.3) is 33.5 Å². The molecule has 0 aliphatic rings. The zero-order valence-electron chi connectivity index (χ0n) is 14.2. The normalized spacial score (nSPS) is 10.7. The second kappa shape index (κ2) is 7.09. The van der Waals surface area contributed by atoms with E-state index in [0.29, 0.717) is 21.7 Å². The third kappa shape index (κ3) is 3.23. The van der Waals surface area contributed by atoms with E-state index in [1.54, 1.807) is 42.7 Å². The summed E-state index contributed by atoms with van der Waals surface area (Å²) in [5.41, 5.74) is 3.86. The lowest BCUT2D eigenvalue weighted by molar-refractivity contribution is 0.475. The Labute approximate surface area is 160 Å². The Morgan fingerprint density at radius 1 is 0.852 bits per heavy atom. The average Bonchev–Trinajstić information content (AvgIpc) is 2.70. The van der Waals surface area contributed by atoms with Crippen molar-refractivity contribution in [2.75, 3.05) is 0 Å². The van der Waals surface area contributed by atoms with Gasteiger partial charge in [0.05, 0.1) is 11.3 Å². The maximum atomic E-state index is 12.8. The predicted octanol–water partition coefficient (Wildman–Crippen LogP) is 5.13. The summed E-state index contributed by atoms with van der Waals surface area (Å²) in [5, 5.41) is 10.2. The number of nitrogens with zero attached hydrogens (tertiary/aromatic N) is 1. The molecule has 0 unspecified atom stereocenters. The Hall–Kier alpha value is -3.37. The summed E-state index contributed by atoms with van der Waals surface area (Å²) in [6.07, 6.45) is 3.36. The van der Waals surface area contributed by atoms with Crippen LogP contribution >= 0.6 is 11.6 Å². The van der Waals surface area contributed by atoms with E-state index < -0.39 is 0 Å². The lowest BCUT2D eigenvalue weighted by atomic mass is 9.91. The fourth-order valence-corrected chi connectivity index (χ4v) is 3.33. The highest BCUT2D eigenvalue weighted by Gasteiger charge is 2.19. The van der Waals surface area contributed by atoms with Crippen molar-refractivity contribution in [1.29, 1.82) is 0 Å². The highest BCUT2D eigenvalue weighted by molar-refractivity contribution is 6.33. The first kappa shape index (κ1) is 17.1. The van der Waals surface area contributed by atoms with Crippen LogP contribution in [-0.2, 0) is 0 Å². The molecule has 0 bridgehead atoms. The van der Waals surface area contributed by atoms with E-state index in [1.807, 2.05) is 36.4 Å². The van der Waals surface area contributed by atoms with Gasteiger partial charge in [-0.05, 0) is 35.9 Å². The van der Waals surface area contributed by atoms with E-state index in [-0.39, 0.29) is 11.3 Å². The number of rotatable bonds is 3. The van der Waals surface area contributed by atoms with Crippen molar-refractivity contribution in [3.05, 3.63) is 94.5 Å². The minimum atomic E-state index is -0.245. The second-order valence-electron chi connectivity index (χ2n) is 6.02. The number of phenolic OH excluding ortho intramolecular Hbond substituents is 1. The summed E-state index contributed by atoms with van der Waals surface area (Å²) < 4.78 is 0. The van der Waals surface area contributed by atoms with Crippen LogP contribution in [0.4, 0.5) is 0 Å². The summed E-state index contributed by atoms with van der Waals surface area (Å²) in [4.78, 5) is 20.1. The van der Waals surface area contributed by atoms with E-state index in [1.165, 1.54) is 0 Å². The van der Waals surface area contributed by atoms with E-state index in [2.05, 4.69) is 9.97 Å². The van der Waals surface area contributed by atoms with Crippen LogP contribution in [0.2, 0.25) is 5.02 Å². The molecular weight excluding hydrogens is 360 g/mol. The molecule has 27 heavy (non-hydrogen) atoms. The molecule has 5 heteroatoms. The minimum absolute atomic E-state index is 0.155. The van der Waals surface area contributed by atoms with Crippen LogP contribution in [0.5, 0.6) is 5.75 Å². The largest absolute Gasteiger partial charge is 0.508 e. The first-order valence-electron chi connectivity index (χ1n) is 8.36. The number of H-pyrrole nitrogens is 1. The first-order valence-corrected chi connectivity index (χ1v) is 8.74. The molecule has 2 N–H and O–H groups in total. The first-order chi connectivity index (χ1) is 13.1. The molecule has 0 aliphatic carbocycles. The summed E-state index contributed by atoms with van der Waals surface area (Å²) in [7, 11) is 0. The number of halogens is 1. The molecule has 2 aromatic heterocycles. The molecule has 0 aliphatic heterocycles. The molecule has 2 heterocycles. The molecule has 0 fully saturated rings. The standard InChI is InChI=1S/C22H15ClN2O2/c23-18-6-2-1-5-16(18)21-20(14-8-10-15(26)11-9-14)17(13-25-22(21)27)19-7-3-4-12-24-19/h1-13,26H,(H,25,27). The van der Waals surface area contributed by atoms with Gasteiger partial charge in [-0.25, -0.2) is 0 Å². The van der Waals surface area contributed by atoms with Gasteiger partial charge in [-0.3, -0.25) is 9.78 Å². The number of aromatic amines is 1. The Bertz CT molecular complexity index is 1150. The number of aromatic hydroxyl groups is 1. The number of phenols is 1. The predicted molar refractivity (Wildman–Crippen MR) is 108 cm³/mol. The van der Waals surface area contributed by atoms with Crippen molar-refractivity contribution >= 4 is 11.6 Å². The van der Waals surface area contributed by atoms with Crippen molar-refractivity contribution in [2.24, 2.45) is 0 Å². The van der Waals surface area contributed by atoms with E-state index in [9.17, 15) is 9.90 Å². The van der Waals surface area contributed by atoms with Gasteiger partial charge in [-0.1, -0.05) is 48.0 Å². The van der Waals surface area contributed by atoms with E-state index >= 15 is 0 Å². The Morgan fingerprint density at radius 2 is 1.59 bits per heavy atom. The summed E-state index contributed by atoms with van der Waals surface area (Å²) in [5.74, 6) is 0.155. The highest BCUT2D eigenvalue weighted by atomic mass is 35.5. The Morgan fingerprint density at radius 3 is 2.30 bits per heavy atom. The van der Waals surface area contributed by atoms with Gasteiger partial charge in [-0.15, -0.1) is 0 Å². The third-order valence-electron chi connectivity index (χ3n) is 4.33. The van der Waals surface area contributed by atoms with Crippen LogP contribution in [-0.4, -0.2) is 15.1 Å². The molecule has 4 rings (SSSR count). The molecule has 0 saturated heterocycles. The average molecular weight is 375 g/mol. The fourth-order valence-electron chi connectivity index (χ4n) is 3.10. The summed E-state index contributed by atoms with van der Waals surface area (Å²) >= 11 is 6.41. The van der Waals surface area contributed by atoms with Gasteiger partial charge >= 0.3 is 0 Å². The molecule has 4 aromatic rings. The zero-order valence-corrected chi connectivity index (χ0v) is 14.9. The maximum Gasteiger partial charge on any atom is 0.256 e. The maximum absolute atomic E-state index is 12.8. The van der Waals surface area contributed by atoms with Crippen molar-refractivity contribution in [3.8, 4) is 39.3 Å². The monoisotopic (exact) mass is 374 g/mol. The number of nitrogens with one attached hydrogen (secondary N) is 1. The number of hydrogen-bond donors (Lipinski definition) is 2. The number of aromatic nitrogens is 2. The van der Waals surface area contributed by atoms with Crippen LogP contribution in [0.15, 0.2) is 83.9 Å². The van der Waals surface area contributed by atoms with Crippen molar-refractivity contribution in [3.63, 3.8) is 0 Å². The minimum Gasteiger partial charge on any atom is -0.508 e. The lowest BCUT2D eigenvalue weighted by Gasteiger charge is -2.15. The quantitative estimate of drug-likeness (QED) is 0.522. The fraction of sp³-hybridized carbons (Fsp3) is 0. The molecule has 0 radical (unpaired) electrons. The topological polar surface area (TPSA) is 66.0 Å². The molecule has 132 valence electrons. The molecule has 0 saturated carbocycles. The van der Waals surface area contributed by atoms with Gasteiger partial charge in [0.25, 0.3) is 5.56 Å². The van der Waals surface area contributed by atoms with Crippen LogP contribution in [0.1, 0.15) is 0 Å². The van der Waals surface area contributed by atoms with Crippen molar-refractivity contribution < 1.29 is 5.11 Å². The van der Waals surface area contributed by atoms with Crippen molar-refractivity contribution in [2.45, 2.75) is 0 Å². The summed E-state index contributed by atoms with van der Waals surface area (Å²) in [6.45, 7) is 0. The second-order valence-corrected chi connectivity index (χ2v) is 6.43. The van der Waals surface area contributed by atoms with Gasteiger partial charge in [-0.2, -0.15) is 0 Å². The van der Waals surface area contributed by atoms with E-state index in [4.69, 9.17) is 11.6 Å². The molecule has 2 aromatic carbocycles. The molecule has 0 spiro atoms. The molecule has 0 atom stereocenters. The molecular formula is C22H15ClN2O2. The van der Waals surface area contributed by atoms with Crippen LogP contribution in [0, 0.1) is 0 Å². The smallest absolute Gasteiger partial charge is 0.256 e. The van der Waals surface area contributed by atoms with Crippen LogP contribution < -0.4 is 5.56 Å². The van der Waals surface area contributed by atoms with E-state index in [0.717, 1.165) is 16.8 Å². The third-order valence-corrected chi connectivity index (χ3v) is 4.66. The lowest BCUT2D eigenvalue weighted by Crippen LogP contribution is -2.11. The van der Waals surface area contributed by atoms with Gasteiger partial charge in [0, 0.05) is 34.1 Å². The van der Waals surface area contributed by atoms with Crippen LogP contribution in [0.3, 0.4) is 0 Å². The van der Waals surface area contributed by atoms with Crippen molar-refractivity contribution in [1.82, 2.24) is 9.97 Å². The highest BCUT2D eigenvalue weighted by Crippen LogP contribution is 2.39. The number of hydrogen-bond acceptors (Lipinski definition) is 3. The Balaban J connectivity index is 2.11. The van der Waals surface area contributed by atoms with Gasteiger partial charge in [0.2, 0.25) is 0 Å². The number of benzene rings is 2. The zero-order chi connectivity index (χ0) is 18.8. The molecule has 4 nitrogen and oxygen atoms in total. The summed E-state index contributed by atoms with van der Waals surface area (Å²) in [6, 6.07) is 19.6. The van der Waals surface area contributed by atoms with Gasteiger partial charge < -0.3 is 10.1 Å². The van der Waals surface area contributed by atoms with Gasteiger partial charge in [0.15, 0.2) is 0 Å². The molecule has 0 amide bonds.